The maximum Gasteiger partial charge on any atom is 0.335 e. The lowest BCUT2D eigenvalue weighted by Gasteiger charge is -2.07. The van der Waals surface area contributed by atoms with Gasteiger partial charge in [-0.05, 0) is 31.2 Å². The van der Waals surface area contributed by atoms with E-state index < -0.39 is 17.9 Å². The summed E-state index contributed by atoms with van der Waals surface area (Å²) in [6, 6.07) is 4.98. The minimum Gasteiger partial charge on any atom is -0.464 e. The zero-order valence-corrected chi connectivity index (χ0v) is 12.3. The Morgan fingerprint density at radius 3 is 2.50 bits per heavy atom. The molecule has 1 N–H and O–H groups in total. The van der Waals surface area contributed by atoms with Crippen molar-refractivity contribution >= 4 is 41.0 Å². The van der Waals surface area contributed by atoms with Gasteiger partial charge >= 0.3 is 5.97 Å². The molecule has 0 spiro atoms. The molecule has 0 bridgehead atoms. The number of esters is 1. The Bertz CT molecular complexity index is 506. The Morgan fingerprint density at radius 1 is 1.35 bits per heavy atom. The molecule has 0 fully saturated rings. The quantitative estimate of drug-likeness (QED) is 0.647. The average Bonchev–Trinajstić information content (AvgIpc) is 2.38. The van der Waals surface area contributed by atoms with Gasteiger partial charge in [0.15, 0.2) is 11.9 Å². The second kappa shape index (κ2) is 8.04. The Balaban J connectivity index is 2.67. The maximum absolute atomic E-state index is 11.6. The number of aliphatic hydroxyl groups is 1. The molecule has 0 heterocycles. The van der Waals surface area contributed by atoms with Crippen LogP contribution in [0, 0.1) is 0 Å². The van der Waals surface area contributed by atoms with Gasteiger partial charge in [-0.2, -0.15) is 0 Å². The molecular weight excluding hydrogens is 303 g/mol. The Morgan fingerprint density at radius 2 is 1.95 bits per heavy atom. The first kappa shape index (κ1) is 16.7. The number of hydrogen-bond acceptors (Lipinski definition) is 4. The van der Waals surface area contributed by atoms with Crippen LogP contribution in [0.2, 0.25) is 10.0 Å². The molecule has 1 atom stereocenters. The summed E-state index contributed by atoms with van der Waals surface area (Å²) in [5.41, 5.74) is 0.509. The van der Waals surface area contributed by atoms with Crippen LogP contribution in [0.3, 0.4) is 0 Å². The van der Waals surface area contributed by atoms with Crippen LogP contribution in [0.4, 0.5) is 0 Å². The summed E-state index contributed by atoms with van der Waals surface area (Å²) >= 11 is 11.9. The monoisotopic (exact) mass is 316 g/mol. The van der Waals surface area contributed by atoms with Crippen LogP contribution in [-0.2, 0) is 14.3 Å². The van der Waals surface area contributed by atoms with E-state index in [2.05, 4.69) is 4.74 Å². The second-order valence-corrected chi connectivity index (χ2v) is 4.72. The molecular formula is C14H14Cl2O4. The topological polar surface area (TPSA) is 63.6 Å². The largest absolute Gasteiger partial charge is 0.464 e. The summed E-state index contributed by atoms with van der Waals surface area (Å²) in [6.07, 6.45) is 0.853. The SMILES string of the molecule is CCOC(=O)[C@@H](O)CC(=O)/C=C/c1c(Cl)cccc1Cl. The van der Waals surface area contributed by atoms with E-state index in [4.69, 9.17) is 23.2 Å². The van der Waals surface area contributed by atoms with Gasteiger partial charge in [-0.25, -0.2) is 4.79 Å². The molecule has 0 aromatic heterocycles. The van der Waals surface area contributed by atoms with Crippen LogP contribution >= 0.6 is 23.2 Å². The third kappa shape index (κ3) is 4.96. The van der Waals surface area contributed by atoms with Gasteiger partial charge in [0.05, 0.1) is 6.61 Å². The lowest BCUT2D eigenvalue weighted by atomic mass is 10.1. The molecule has 0 aliphatic heterocycles. The zero-order chi connectivity index (χ0) is 15.1. The molecule has 0 aliphatic carbocycles. The molecule has 1 rings (SSSR count). The van der Waals surface area contributed by atoms with E-state index in [0.29, 0.717) is 15.6 Å². The maximum atomic E-state index is 11.6. The molecule has 4 nitrogen and oxygen atoms in total. The highest BCUT2D eigenvalue weighted by molar-refractivity contribution is 6.37. The van der Waals surface area contributed by atoms with Crippen LogP contribution in [0.1, 0.15) is 18.9 Å². The molecule has 6 heteroatoms. The summed E-state index contributed by atoms with van der Waals surface area (Å²) in [7, 11) is 0. The van der Waals surface area contributed by atoms with Gasteiger partial charge in [-0.3, -0.25) is 4.79 Å². The van der Waals surface area contributed by atoms with Crippen LogP contribution in [0.5, 0.6) is 0 Å². The highest BCUT2D eigenvalue weighted by atomic mass is 35.5. The van der Waals surface area contributed by atoms with Gasteiger partial charge in [0.2, 0.25) is 0 Å². The van der Waals surface area contributed by atoms with E-state index >= 15 is 0 Å². The van der Waals surface area contributed by atoms with Crippen molar-refractivity contribution in [2.45, 2.75) is 19.4 Å². The van der Waals surface area contributed by atoms with E-state index in [-0.39, 0.29) is 13.0 Å². The van der Waals surface area contributed by atoms with Crippen molar-refractivity contribution in [2.75, 3.05) is 6.61 Å². The van der Waals surface area contributed by atoms with Crippen LogP contribution < -0.4 is 0 Å². The number of halogens is 2. The summed E-state index contributed by atoms with van der Waals surface area (Å²) in [4.78, 5) is 22.8. The van der Waals surface area contributed by atoms with E-state index in [1.54, 1.807) is 25.1 Å². The normalized spacial score (nSPS) is 12.4. The van der Waals surface area contributed by atoms with Crippen molar-refractivity contribution in [3.8, 4) is 0 Å². The molecule has 1 aromatic carbocycles. The number of ether oxygens (including phenoxy) is 1. The smallest absolute Gasteiger partial charge is 0.335 e. The first-order valence-corrected chi connectivity index (χ1v) is 6.71. The Labute approximate surface area is 126 Å². The number of allylic oxidation sites excluding steroid dienone is 1. The predicted octanol–water partition coefficient (Wildman–Crippen LogP) is 2.89. The number of ketones is 1. The molecule has 0 unspecified atom stereocenters. The molecule has 0 amide bonds. The standard InChI is InChI=1S/C14H14Cl2O4/c1-2-20-14(19)13(18)8-9(17)6-7-10-11(15)4-3-5-12(10)16/h3-7,13,18H,2,8H2,1H3/b7-6+/t13-/m0/s1. The van der Waals surface area contributed by atoms with Crippen molar-refractivity contribution in [2.24, 2.45) is 0 Å². The Hall–Kier alpha value is -1.36. The zero-order valence-electron chi connectivity index (χ0n) is 10.8. The first-order valence-electron chi connectivity index (χ1n) is 5.95. The van der Waals surface area contributed by atoms with E-state index in [1.807, 2.05) is 0 Å². The molecule has 0 saturated heterocycles. The summed E-state index contributed by atoms with van der Waals surface area (Å²) < 4.78 is 4.60. The number of hydrogen-bond donors (Lipinski definition) is 1. The summed E-state index contributed by atoms with van der Waals surface area (Å²) in [5.74, 6) is -1.24. The van der Waals surface area contributed by atoms with Crippen molar-refractivity contribution in [3.05, 3.63) is 39.9 Å². The van der Waals surface area contributed by atoms with Crippen molar-refractivity contribution in [3.63, 3.8) is 0 Å². The van der Waals surface area contributed by atoms with Gasteiger partial charge in [0, 0.05) is 22.0 Å². The fourth-order valence-corrected chi connectivity index (χ4v) is 1.95. The fraction of sp³-hybridized carbons (Fsp3) is 0.286. The van der Waals surface area contributed by atoms with Gasteiger partial charge in [-0.15, -0.1) is 0 Å². The average molecular weight is 317 g/mol. The molecule has 0 saturated carbocycles. The van der Waals surface area contributed by atoms with E-state index in [0.717, 1.165) is 0 Å². The molecule has 108 valence electrons. The van der Waals surface area contributed by atoms with Gasteiger partial charge in [0.1, 0.15) is 0 Å². The number of carbonyl (C=O) groups excluding carboxylic acids is 2. The summed E-state index contributed by atoms with van der Waals surface area (Å²) in [6.45, 7) is 1.76. The highest BCUT2D eigenvalue weighted by Gasteiger charge is 2.18. The van der Waals surface area contributed by atoms with Gasteiger partial charge in [-0.1, -0.05) is 29.3 Å². The minimum atomic E-state index is -1.46. The lowest BCUT2D eigenvalue weighted by molar-refractivity contribution is -0.154. The van der Waals surface area contributed by atoms with Crippen molar-refractivity contribution in [1.29, 1.82) is 0 Å². The lowest BCUT2D eigenvalue weighted by Crippen LogP contribution is -2.25. The number of carbonyl (C=O) groups is 2. The van der Waals surface area contributed by atoms with Crippen molar-refractivity contribution in [1.82, 2.24) is 0 Å². The van der Waals surface area contributed by atoms with Gasteiger partial charge in [0.25, 0.3) is 0 Å². The first-order chi connectivity index (χ1) is 9.45. The number of rotatable bonds is 6. The molecule has 0 radical (unpaired) electrons. The fourth-order valence-electron chi connectivity index (χ4n) is 1.43. The Kier molecular flexibility index (Phi) is 6.71. The minimum absolute atomic E-state index is 0.148. The van der Waals surface area contributed by atoms with E-state index in [9.17, 15) is 14.7 Å². The predicted molar refractivity (Wildman–Crippen MR) is 77.8 cm³/mol. The molecule has 1 aromatic rings. The third-order valence-corrected chi connectivity index (χ3v) is 3.05. The van der Waals surface area contributed by atoms with Crippen LogP contribution in [0.15, 0.2) is 24.3 Å². The number of aliphatic hydroxyl groups excluding tert-OH is 1. The van der Waals surface area contributed by atoms with Crippen molar-refractivity contribution < 1.29 is 19.4 Å². The van der Waals surface area contributed by atoms with E-state index in [1.165, 1.54) is 12.2 Å². The highest BCUT2D eigenvalue weighted by Crippen LogP contribution is 2.25. The third-order valence-electron chi connectivity index (χ3n) is 2.39. The summed E-state index contributed by atoms with van der Waals surface area (Å²) in [5, 5.41) is 10.3. The second-order valence-electron chi connectivity index (χ2n) is 3.91. The number of benzene rings is 1. The molecule has 0 aliphatic rings. The van der Waals surface area contributed by atoms with Gasteiger partial charge < -0.3 is 9.84 Å². The van der Waals surface area contributed by atoms with Crippen LogP contribution in [-0.4, -0.2) is 29.6 Å². The van der Waals surface area contributed by atoms with Crippen LogP contribution in [0.25, 0.3) is 6.08 Å². The molecule has 20 heavy (non-hydrogen) atoms.